The van der Waals surface area contributed by atoms with Gasteiger partial charge in [-0.15, -0.1) is 12.4 Å². The topological polar surface area (TPSA) is 422 Å². The first-order chi connectivity index (χ1) is 68.5. The second kappa shape index (κ2) is 55.4. The molecule has 0 amide bonds. The standard InChI is InChI=1S/C28H26F3NO5.C26H22F3NO5.C21H18BrF3O5.C11H14O4.C10H6BrF3O2.C7H10BNO2.ClH.Li.H2O/c1-3-35-26(33)12-20-7-8-21(34-2)13-25(20)36-15-18-10-22(19-6-4-5-17(9-19)14-32)27-23(11-18)24(16-37-27)28(29,30)31;1-33-19-6-5-18(10-24(31)32)23(11-19)34-13-16-8-20(17-4-2-3-15(7-17)12-30)25-21(9-16)22(14-35-25)26(27,28)29;1-3-28-19(26)8-13-4-5-14(27-2)9-18(13)29-10-12-6-15-16(21(23,24)25)11-30-20(15)17(22)7-12;1-3-15-11(13)6-8-4-5-9(14-2)7-10(8)12;11-8-2-5(3-15)1-6-7(10(12,13)14)4-16-9(6)8;9-5-6-2-1-3-7(4-6)8(10)11;;;/h4-11,13,16H,3,12,14-15,32H2,1-2H3;2-9,11,14H,10,12-13,30H2,1H3,(H,31,32);4-7,9,11H,3,8,10H2,1-2H3;4-5,7,12H,3,6H2,1-2H3;1-2,4,15H,3H2;1-4,10-11H,5,9H2;1H;;1H2/q;;;;;;;+1;/p-1. The fourth-order valence-corrected chi connectivity index (χ4v) is 15.6. The van der Waals surface area contributed by atoms with Crippen LogP contribution in [-0.4, -0.2) is 110 Å². The number of alkyl halides is 12. The van der Waals surface area contributed by atoms with E-state index in [1.165, 1.54) is 64.8 Å². The van der Waals surface area contributed by atoms with E-state index in [4.69, 9.17) is 97.4 Å². The molecule has 44 heteroatoms. The van der Waals surface area contributed by atoms with Crippen LogP contribution in [0.25, 0.3) is 66.1 Å². The second-order valence-electron chi connectivity index (χ2n) is 31.1. The van der Waals surface area contributed by atoms with Gasteiger partial charge < -0.3 is 113 Å². The van der Waals surface area contributed by atoms with Crippen molar-refractivity contribution >= 4 is 125 Å². The van der Waals surface area contributed by atoms with E-state index in [-0.39, 0.29) is 177 Å². The summed E-state index contributed by atoms with van der Waals surface area (Å²) in [6.45, 7) is 6.45. The fourth-order valence-electron chi connectivity index (χ4n) is 14.4. The first-order valence-electron chi connectivity index (χ1n) is 43.5. The fraction of sp³-hybridized carbons (Fsp3) is 0.243. The van der Waals surface area contributed by atoms with Gasteiger partial charge in [-0.2, -0.15) is 52.7 Å². The van der Waals surface area contributed by atoms with Gasteiger partial charge >= 0.3 is 74.6 Å². The molecule has 0 aliphatic rings. The second-order valence-corrected chi connectivity index (χ2v) is 32.8. The number of carbonyl (C=O) groups excluding carboxylic acids is 3. The van der Waals surface area contributed by atoms with E-state index >= 15 is 0 Å². The Labute approximate surface area is 868 Å². The first-order valence-corrected chi connectivity index (χ1v) is 45.1. The summed E-state index contributed by atoms with van der Waals surface area (Å²) in [7, 11) is 4.56. The maximum absolute atomic E-state index is 13.7. The Balaban J connectivity index is 0.000000249. The van der Waals surface area contributed by atoms with Gasteiger partial charge in [0.05, 0.1) is 89.5 Å². The number of furan rings is 4. The average Bonchev–Trinajstić information content (AvgIpc) is 1.63. The number of carbonyl (C=O) groups is 4. The van der Waals surface area contributed by atoms with Gasteiger partial charge in [-0.1, -0.05) is 84.9 Å². The molecule has 27 nitrogen and oxygen atoms in total. The summed E-state index contributed by atoms with van der Waals surface area (Å²) >= 11 is 6.34. The molecule has 0 aliphatic carbocycles. The Hall–Kier alpha value is -13.3. The molecule has 0 bridgehead atoms. The van der Waals surface area contributed by atoms with Crippen LogP contribution in [0.15, 0.2) is 246 Å². The maximum atomic E-state index is 13.7. The number of ether oxygens (including phenoxy) is 10. The molecule has 15 rings (SSSR count). The molecule has 0 atom stereocenters. The number of rotatable bonds is 31. The van der Waals surface area contributed by atoms with Gasteiger partial charge in [-0.05, 0) is 193 Å². The molecule has 0 spiro atoms. The molecular weight excluding hydrogens is 2100 g/mol. The van der Waals surface area contributed by atoms with Crippen LogP contribution in [0.4, 0.5) is 52.7 Å². The number of fused-ring (bicyclic) bond motifs is 4. The van der Waals surface area contributed by atoms with Crippen LogP contribution in [-0.2, 0) is 130 Å². The molecule has 147 heavy (non-hydrogen) atoms. The van der Waals surface area contributed by atoms with Crippen molar-refractivity contribution in [3.05, 3.63) is 312 Å². The van der Waals surface area contributed by atoms with Crippen molar-refractivity contribution in [2.75, 3.05) is 48.3 Å². The van der Waals surface area contributed by atoms with E-state index in [1.54, 1.807) is 154 Å². The van der Waals surface area contributed by atoms with Gasteiger partial charge in [0.1, 0.15) is 135 Å². The summed E-state index contributed by atoms with van der Waals surface area (Å²) in [5.74, 6) is 0.857. The van der Waals surface area contributed by atoms with Crippen molar-refractivity contribution in [2.45, 2.75) is 117 Å². The zero-order valence-electron chi connectivity index (χ0n) is 79.7. The van der Waals surface area contributed by atoms with E-state index in [1.807, 2.05) is 24.3 Å². The molecule has 12 N–H and O–H groups in total. The van der Waals surface area contributed by atoms with Gasteiger partial charge in [-0.25, -0.2) is 0 Å². The number of phenols is 1. The summed E-state index contributed by atoms with van der Waals surface area (Å²) in [6, 6.07) is 52.8. The molecule has 0 radical (unpaired) electrons. The number of carboxylic acid groups (broad SMARTS) is 1. The van der Waals surface area contributed by atoms with E-state index in [0.717, 1.165) is 23.0 Å². The number of aliphatic hydroxyl groups is 1. The molecule has 0 saturated heterocycles. The molecule has 0 fully saturated rings. The summed E-state index contributed by atoms with van der Waals surface area (Å²) in [5, 5.41) is 44.9. The number of phenolic OH excluding ortho intramolecular Hbond substituents is 1. The van der Waals surface area contributed by atoms with E-state index in [9.17, 15) is 82.1 Å². The predicted octanol–water partition coefficient (Wildman–Crippen LogP) is 19.3. The number of methoxy groups -OCH3 is 4. The minimum Gasteiger partial charge on any atom is -0.870 e. The third-order valence-corrected chi connectivity index (χ3v) is 22.4. The van der Waals surface area contributed by atoms with Crippen LogP contribution >= 0.6 is 44.3 Å². The predicted molar refractivity (Wildman–Crippen MR) is 525 cm³/mol. The van der Waals surface area contributed by atoms with Crippen molar-refractivity contribution < 1.29 is 187 Å². The van der Waals surface area contributed by atoms with Crippen LogP contribution < -0.4 is 74.7 Å². The molecule has 0 unspecified atom stereocenters. The number of aromatic hydroxyl groups is 1. The smallest absolute Gasteiger partial charge is 0.870 e. The molecule has 11 aromatic carbocycles. The molecule has 4 aromatic heterocycles. The zero-order valence-corrected chi connectivity index (χ0v) is 83.7. The maximum Gasteiger partial charge on any atom is 1.00 e. The number of hydrogen-bond acceptors (Lipinski definition) is 26. The molecular formula is C103H98BBr2ClF12LiN3O24. The Kier molecular flexibility index (Phi) is 45.5. The number of nitrogens with two attached hydrogens (primary N) is 3. The number of aliphatic hydroxyl groups excluding tert-OH is 1. The number of benzene rings is 11. The third-order valence-electron chi connectivity index (χ3n) is 21.2. The van der Waals surface area contributed by atoms with Gasteiger partial charge in [-0.3, -0.25) is 19.2 Å². The van der Waals surface area contributed by atoms with Crippen LogP contribution in [0.2, 0.25) is 0 Å². The summed E-state index contributed by atoms with van der Waals surface area (Å²) < 4.78 is 234. The number of esters is 3. The summed E-state index contributed by atoms with van der Waals surface area (Å²) in [5.41, 5.74) is 23.1. The van der Waals surface area contributed by atoms with E-state index in [2.05, 4.69) is 31.9 Å². The number of aliphatic carboxylic acids is 1. The van der Waals surface area contributed by atoms with Crippen LogP contribution in [0, 0.1) is 0 Å². The normalized spacial score (nSPS) is 11.1. The van der Waals surface area contributed by atoms with Crippen molar-refractivity contribution in [1.29, 1.82) is 0 Å². The summed E-state index contributed by atoms with van der Waals surface area (Å²) in [6.07, 6.45) is -15.6. The van der Waals surface area contributed by atoms with Gasteiger partial charge in [0.25, 0.3) is 0 Å². The number of halogens is 15. The third kappa shape index (κ3) is 33.3. The Morgan fingerprint density at radius 3 is 1.00 bits per heavy atom. The van der Waals surface area contributed by atoms with Gasteiger partial charge in [0, 0.05) is 98.8 Å². The SMILES string of the molecule is CCOC(=O)Cc1ccc(OC)cc1O.CCOC(=O)Cc1ccc(OC)cc1OCc1cc(-c2cccc(CN)c2)c2occ(C(F)(F)F)c2c1.CCOC(=O)Cc1ccc(OC)cc1OCc1cc(Br)c2occ(C(F)(F)F)c2c1.COc1ccc(CC(=O)O)c(OCc2cc(-c3cccc(CN)c3)c3occ(C(F)(F)F)c3c2)c1.Cl.NCc1cccc(B(O)O)c1.OCc1cc(Br)c2occ(C(F)(F)F)c2c1.[Li+].[OH-]. The molecule has 0 saturated carbocycles. The molecule has 15 aromatic rings. The van der Waals surface area contributed by atoms with Crippen molar-refractivity contribution in [3.63, 3.8) is 0 Å². The zero-order chi connectivity index (χ0) is 105. The number of hydrogen-bond donors (Lipinski definition) is 8. The first kappa shape index (κ1) is 121. The Morgan fingerprint density at radius 1 is 0.381 bits per heavy atom. The van der Waals surface area contributed by atoms with E-state index in [0.29, 0.717) is 148 Å². The van der Waals surface area contributed by atoms with E-state index < -0.39 is 72.0 Å². The Morgan fingerprint density at radius 2 is 0.680 bits per heavy atom. The van der Waals surface area contributed by atoms with Crippen molar-refractivity contribution in [1.82, 2.24) is 0 Å². The monoisotopic (exact) mass is 2200 g/mol. The van der Waals surface area contributed by atoms with Crippen LogP contribution in [0.5, 0.6) is 46.0 Å². The summed E-state index contributed by atoms with van der Waals surface area (Å²) in [4.78, 5) is 46.3. The van der Waals surface area contributed by atoms with Crippen LogP contribution in [0.3, 0.4) is 0 Å². The Bertz CT molecular complexity index is 6960. The average molecular weight is 2200 g/mol. The van der Waals surface area contributed by atoms with Gasteiger partial charge in [0.2, 0.25) is 0 Å². The minimum atomic E-state index is -4.61. The van der Waals surface area contributed by atoms with Crippen LogP contribution in [0.1, 0.15) is 104 Å². The largest absolute Gasteiger partial charge is 1.00 e. The van der Waals surface area contributed by atoms with Gasteiger partial charge in [0.15, 0.2) is 0 Å². The quantitative estimate of drug-likeness (QED) is 0.00866. The minimum absolute atomic E-state index is 0. The molecule has 0 aliphatic heterocycles. The molecule has 778 valence electrons. The number of carboxylic acids is 1. The van der Waals surface area contributed by atoms with Crippen molar-refractivity contribution in [3.8, 4) is 68.2 Å². The van der Waals surface area contributed by atoms with Crippen molar-refractivity contribution in [2.24, 2.45) is 17.2 Å². The molecule has 4 heterocycles.